The molecule has 0 aliphatic rings. The molecule has 1 rings (SSSR count). The van der Waals surface area contributed by atoms with E-state index in [4.69, 9.17) is 22.9 Å². The van der Waals surface area contributed by atoms with Crippen molar-refractivity contribution in [2.24, 2.45) is 46.6 Å². The summed E-state index contributed by atoms with van der Waals surface area (Å²) >= 11 is 0. The topological polar surface area (TPSA) is 515 Å². The highest BCUT2D eigenvalue weighted by molar-refractivity contribution is 6.00. The van der Waals surface area contributed by atoms with E-state index in [1.54, 1.807) is 39.8 Å². The van der Waals surface area contributed by atoms with Gasteiger partial charge in [-0.2, -0.15) is 0 Å². The Bertz CT molecular complexity index is 2400. The Labute approximate surface area is 475 Å². The van der Waals surface area contributed by atoms with Crippen LogP contribution in [0.5, 0.6) is 5.75 Å². The van der Waals surface area contributed by atoms with Crippen LogP contribution in [0.25, 0.3) is 0 Å². The summed E-state index contributed by atoms with van der Waals surface area (Å²) in [6, 6.07) is -9.72. The number of nitrogens with two attached hydrogens (primary N) is 4. The fraction of sp³-hybridized carbons (Fsp3) is 0.635. The van der Waals surface area contributed by atoms with Gasteiger partial charge in [0.2, 0.25) is 70.9 Å². The van der Waals surface area contributed by atoms with Crippen molar-refractivity contribution < 1.29 is 82.8 Å². The number of carbonyl (C=O) groups excluding carboxylic acids is 12. The molecule has 21 N–H and O–H groups in total. The van der Waals surface area contributed by atoms with E-state index >= 15 is 0 Å². The van der Waals surface area contributed by atoms with Gasteiger partial charge >= 0.3 is 5.97 Å². The molecular formula is C52H85N13O17. The Balaban J connectivity index is 3.40. The highest BCUT2D eigenvalue weighted by Crippen LogP contribution is 2.14. The van der Waals surface area contributed by atoms with Crippen molar-refractivity contribution in [1.29, 1.82) is 0 Å². The van der Waals surface area contributed by atoms with Gasteiger partial charge in [0, 0.05) is 12.8 Å². The number of aliphatic hydroxyl groups is 2. The van der Waals surface area contributed by atoms with Crippen LogP contribution in [0.15, 0.2) is 24.3 Å². The molecule has 0 heterocycles. The van der Waals surface area contributed by atoms with Crippen molar-refractivity contribution in [3.8, 4) is 5.75 Å². The third-order valence-corrected chi connectivity index (χ3v) is 12.4. The zero-order valence-electron chi connectivity index (χ0n) is 47.7. The second-order valence-electron chi connectivity index (χ2n) is 21.5. The summed E-state index contributed by atoms with van der Waals surface area (Å²) in [5, 5.41) is 61.1. The highest BCUT2D eigenvalue weighted by Gasteiger charge is 2.38. The SMILES string of the molecule is CC(C)CC(NC(=O)C(N)Cc1ccc(O)cc1)C(=O)NC(CCC(N)=O)C(=O)NC(C(=O)NC(CC(N)=O)C(=O)NC(CO)C(=O)NC(CC(C)C)C(=O)NC(CCC(N)=O)C(=O)NC(C(=O)NC(C(=O)O)C(C)C)C(C)O)C(C)C. The minimum absolute atomic E-state index is 0.00154. The van der Waals surface area contributed by atoms with Crippen molar-refractivity contribution in [3.05, 3.63) is 29.8 Å². The van der Waals surface area contributed by atoms with Gasteiger partial charge in [-0.05, 0) is 80.4 Å². The summed E-state index contributed by atoms with van der Waals surface area (Å²) < 4.78 is 0. The summed E-state index contributed by atoms with van der Waals surface area (Å²) in [4.78, 5) is 171. The largest absolute Gasteiger partial charge is 0.508 e. The lowest BCUT2D eigenvalue weighted by atomic mass is 9.99. The number of carboxylic acids is 1. The van der Waals surface area contributed by atoms with Crippen molar-refractivity contribution in [3.63, 3.8) is 0 Å². The molecule has 0 bridgehead atoms. The maximum Gasteiger partial charge on any atom is 0.326 e. The number of aliphatic hydroxyl groups excluding tert-OH is 2. The number of phenols is 1. The van der Waals surface area contributed by atoms with Crippen LogP contribution < -0.4 is 70.8 Å². The number of hydrogen-bond acceptors (Lipinski definition) is 17. The highest BCUT2D eigenvalue weighted by atomic mass is 16.4. The van der Waals surface area contributed by atoms with Gasteiger partial charge < -0.3 is 91.2 Å². The number of benzene rings is 1. The second-order valence-corrected chi connectivity index (χ2v) is 21.5. The van der Waals surface area contributed by atoms with Gasteiger partial charge in [-0.25, -0.2) is 4.79 Å². The number of aromatic hydroxyl groups is 1. The Hall–Kier alpha value is -7.99. The van der Waals surface area contributed by atoms with Gasteiger partial charge in [-0.3, -0.25) is 57.5 Å². The van der Waals surface area contributed by atoms with Crippen LogP contribution in [-0.2, 0) is 68.7 Å². The molecule has 0 saturated heterocycles. The molecule has 0 aliphatic heterocycles. The van der Waals surface area contributed by atoms with Gasteiger partial charge in [0.25, 0.3) is 0 Å². The predicted octanol–water partition coefficient (Wildman–Crippen LogP) is -5.11. The summed E-state index contributed by atoms with van der Waals surface area (Å²) in [5.74, 6) is -15.7. The Morgan fingerprint density at radius 2 is 0.805 bits per heavy atom. The number of hydrogen-bond donors (Lipinski definition) is 17. The third kappa shape index (κ3) is 26.1. The summed E-state index contributed by atoms with van der Waals surface area (Å²) in [5.41, 5.74) is 22.9. The number of nitrogens with one attached hydrogen (secondary N) is 9. The first-order chi connectivity index (χ1) is 38.1. The number of phenolic OH excluding ortho intramolecular Hbond substituents is 1. The maximum absolute atomic E-state index is 14.0. The molecule has 1 aromatic carbocycles. The molecule has 0 saturated carbocycles. The molecule has 0 aliphatic carbocycles. The van der Waals surface area contributed by atoms with E-state index in [9.17, 15) is 82.8 Å². The number of aliphatic carboxylic acids is 1. The van der Waals surface area contributed by atoms with Crippen LogP contribution in [0.2, 0.25) is 0 Å². The van der Waals surface area contributed by atoms with E-state index in [-0.39, 0.29) is 43.3 Å². The zero-order chi connectivity index (χ0) is 62.9. The van der Waals surface area contributed by atoms with Gasteiger partial charge in [0.1, 0.15) is 60.1 Å². The summed E-state index contributed by atoms with van der Waals surface area (Å²) in [7, 11) is 0. The smallest absolute Gasteiger partial charge is 0.326 e. The van der Waals surface area contributed by atoms with E-state index in [1.165, 1.54) is 39.8 Å². The summed E-state index contributed by atoms with van der Waals surface area (Å²) in [6.45, 7) is 12.8. The Morgan fingerprint density at radius 1 is 0.451 bits per heavy atom. The van der Waals surface area contributed by atoms with Crippen molar-refractivity contribution in [2.75, 3.05) is 6.61 Å². The molecule has 12 amide bonds. The number of carbonyl (C=O) groups is 13. The quantitative estimate of drug-likeness (QED) is 0.0296. The number of carboxylic acid groups (broad SMARTS) is 1. The molecule has 0 radical (unpaired) electrons. The van der Waals surface area contributed by atoms with Crippen LogP contribution in [0.4, 0.5) is 0 Å². The van der Waals surface area contributed by atoms with E-state index in [1.807, 2.05) is 0 Å². The molecule has 1 aromatic rings. The normalized spacial score (nSPS) is 15.3. The standard InChI is InChI=1S/C52H85N13O17/c1-23(2)18-33(59-43(72)30(53)20-28-10-12-29(68)13-11-28)46(75)57-31(14-16-37(54)69)44(73)63-40(25(5)6)50(79)61-35(21-39(56)71)48(77)62-36(22-66)49(78)60-34(19-24(3)4)47(76)58-32(15-17-38(55)70)45(74)65-42(27(9)67)51(80)64-41(26(7)8)52(81)82/h10-13,23-27,30-36,40-42,66-68H,14-22,53H2,1-9H3,(H2,54,69)(H2,55,70)(H2,56,71)(H,57,75)(H,58,76)(H,59,72)(H,60,78)(H,61,79)(H,62,77)(H,63,73)(H,64,80)(H,65,74)(H,81,82). The van der Waals surface area contributed by atoms with E-state index in [2.05, 4.69) is 47.9 Å². The molecular weight excluding hydrogens is 1080 g/mol. The van der Waals surface area contributed by atoms with Gasteiger partial charge in [-0.1, -0.05) is 67.5 Å². The first-order valence-electron chi connectivity index (χ1n) is 26.7. The molecule has 30 heteroatoms. The Morgan fingerprint density at radius 3 is 1.20 bits per heavy atom. The number of rotatable bonds is 37. The lowest BCUT2D eigenvalue weighted by molar-refractivity contribution is -0.144. The molecule has 460 valence electrons. The van der Waals surface area contributed by atoms with E-state index in [0.717, 1.165) is 6.92 Å². The van der Waals surface area contributed by atoms with Gasteiger partial charge in [-0.15, -0.1) is 0 Å². The van der Waals surface area contributed by atoms with Gasteiger partial charge in [0.05, 0.1) is 25.2 Å². The van der Waals surface area contributed by atoms with E-state index < -0.39 is 188 Å². The maximum atomic E-state index is 14.0. The van der Waals surface area contributed by atoms with Crippen molar-refractivity contribution in [1.82, 2.24) is 47.9 Å². The second kappa shape index (κ2) is 35.0. The Kier molecular flexibility index (Phi) is 30.7. The molecule has 0 aromatic heterocycles. The van der Waals surface area contributed by atoms with Crippen molar-refractivity contribution >= 4 is 76.9 Å². The molecule has 82 heavy (non-hydrogen) atoms. The minimum atomic E-state index is -1.91. The number of primary amides is 3. The first-order valence-corrected chi connectivity index (χ1v) is 26.7. The molecule has 30 nitrogen and oxygen atoms in total. The van der Waals surface area contributed by atoms with Gasteiger partial charge in [0.15, 0.2) is 0 Å². The zero-order valence-corrected chi connectivity index (χ0v) is 47.7. The molecule has 11 atom stereocenters. The van der Waals surface area contributed by atoms with Crippen molar-refractivity contribution in [2.45, 2.75) is 180 Å². The number of amides is 12. The third-order valence-electron chi connectivity index (χ3n) is 12.4. The van der Waals surface area contributed by atoms with Crippen LogP contribution in [0.3, 0.4) is 0 Å². The lowest BCUT2D eigenvalue weighted by Crippen LogP contribution is -2.62. The summed E-state index contributed by atoms with van der Waals surface area (Å²) in [6.07, 6.45) is -4.34. The van der Waals surface area contributed by atoms with Crippen LogP contribution in [0, 0.1) is 23.7 Å². The van der Waals surface area contributed by atoms with E-state index in [0.29, 0.717) is 5.56 Å². The first kappa shape index (κ1) is 72.0. The molecule has 0 fully saturated rings. The fourth-order valence-electron chi connectivity index (χ4n) is 7.93. The fourth-order valence-corrected chi connectivity index (χ4v) is 7.93. The van der Waals surface area contributed by atoms with Crippen LogP contribution in [0.1, 0.15) is 113 Å². The molecule has 11 unspecified atom stereocenters. The van der Waals surface area contributed by atoms with Crippen LogP contribution >= 0.6 is 0 Å². The monoisotopic (exact) mass is 1160 g/mol. The minimum Gasteiger partial charge on any atom is -0.508 e. The van der Waals surface area contributed by atoms with Crippen LogP contribution in [-0.4, -0.2) is 170 Å². The predicted molar refractivity (Wildman–Crippen MR) is 293 cm³/mol. The average Bonchev–Trinajstić information content (AvgIpc) is 3.36. The molecule has 0 spiro atoms. The average molecular weight is 1160 g/mol. The lowest BCUT2D eigenvalue weighted by Gasteiger charge is -2.29.